The lowest BCUT2D eigenvalue weighted by Gasteiger charge is -2.37. The fraction of sp³-hybridized carbons (Fsp3) is 1.00. The van der Waals surface area contributed by atoms with Crippen LogP contribution in [-0.2, 0) is 0 Å². The highest BCUT2D eigenvalue weighted by atomic mass is 16.3. The van der Waals surface area contributed by atoms with Gasteiger partial charge in [0.1, 0.15) is 0 Å². The minimum Gasteiger partial charge on any atom is -0.389 e. The second kappa shape index (κ2) is 5.34. The predicted octanol–water partition coefficient (Wildman–Crippen LogP) is 4.29. The molecule has 0 heterocycles. The quantitative estimate of drug-likeness (QED) is 0.651. The van der Waals surface area contributed by atoms with Crippen molar-refractivity contribution in [2.75, 3.05) is 0 Å². The molecule has 15 heavy (non-hydrogen) atoms. The minimum absolute atomic E-state index is 0.151. The summed E-state index contributed by atoms with van der Waals surface area (Å²) in [5.41, 5.74) is -0.211. The summed E-state index contributed by atoms with van der Waals surface area (Å²) in [7, 11) is 0. The zero-order valence-electron chi connectivity index (χ0n) is 10.8. The van der Waals surface area contributed by atoms with Crippen LogP contribution >= 0.6 is 0 Å². The van der Waals surface area contributed by atoms with E-state index in [9.17, 15) is 5.11 Å². The van der Waals surface area contributed by atoms with E-state index in [0.29, 0.717) is 0 Å². The molecule has 1 N–H and O–H groups in total. The van der Waals surface area contributed by atoms with E-state index < -0.39 is 0 Å². The lowest BCUT2D eigenvalue weighted by atomic mass is 9.75. The molecule has 0 amide bonds. The Bertz CT molecular complexity index is 186. The Balaban J connectivity index is 2.25. The average molecular weight is 212 g/mol. The molecule has 0 bridgehead atoms. The van der Waals surface area contributed by atoms with Gasteiger partial charge in [-0.25, -0.2) is 0 Å². The van der Waals surface area contributed by atoms with Gasteiger partial charge in [0.25, 0.3) is 0 Å². The predicted molar refractivity (Wildman–Crippen MR) is 66.0 cm³/mol. The number of rotatable bonds is 6. The monoisotopic (exact) mass is 212 g/mol. The molecule has 0 spiro atoms. The summed E-state index contributed by atoms with van der Waals surface area (Å²) in [6.45, 7) is 6.70. The summed E-state index contributed by atoms with van der Waals surface area (Å²) in [6, 6.07) is 0. The van der Waals surface area contributed by atoms with Crippen LogP contribution in [0.1, 0.15) is 78.6 Å². The van der Waals surface area contributed by atoms with E-state index in [4.69, 9.17) is 0 Å². The zero-order valence-corrected chi connectivity index (χ0v) is 10.8. The molecule has 0 radical (unpaired) electrons. The van der Waals surface area contributed by atoms with Gasteiger partial charge in [-0.2, -0.15) is 0 Å². The van der Waals surface area contributed by atoms with Crippen molar-refractivity contribution < 1.29 is 5.11 Å². The van der Waals surface area contributed by atoms with E-state index in [1.165, 1.54) is 44.9 Å². The highest BCUT2D eigenvalue weighted by Gasteiger charge is 2.46. The number of aliphatic hydroxyl groups is 1. The van der Waals surface area contributed by atoms with Crippen LogP contribution in [0.25, 0.3) is 0 Å². The molecule has 1 unspecified atom stereocenters. The van der Waals surface area contributed by atoms with Gasteiger partial charge in [-0.1, -0.05) is 52.9 Å². The van der Waals surface area contributed by atoms with Gasteiger partial charge in [-0.3, -0.25) is 0 Å². The maximum Gasteiger partial charge on any atom is 0.0698 e. The van der Waals surface area contributed by atoms with Gasteiger partial charge in [0.15, 0.2) is 0 Å². The van der Waals surface area contributed by atoms with Crippen molar-refractivity contribution in [1.29, 1.82) is 0 Å². The standard InChI is InChI=1S/C14H28O/c1-4-5-6-7-8-11-14(15)12-9-10-13(14,2)3/h15H,4-12H2,1-3H3. The van der Waals surface area contributed by atoms with Crippen LogP contribution in [0.3, 0.4) is 0 Å². The van der Waals surface area contributed by atoms with E-state index in [2.05, 4.69) is 20.8 Å². The second-order valence-corrected chi connectivity index (χ2v) is 5.93. The van der Waals surface area contributed by atoms with Gasteiger partial charge >= 0.3 is 0 Å². The third-order valence-electron chi connectivity index (χ3n) is 4.35. The number of hydrogen-bond donors (Lipinski definition) is 1. The summed E-state index contributed by atoms with van der Waals surface area (Å²) in [5, 5.41) is 10.6. The Labute approximate surface area is 95.3 Å². The maximum atomic E-state index is 10.6. The highest BCUT2D eigenvalue weighted by Crippen LogP contribution is 2.48. The smallest absolute Gasteiger partial charge is 0.0698 e. The molecular formula is C14H28O. The Kier molecular flexibility index (Phi) is 4.64. The first kappa shape index (κ1) is 13.0. The molecule has 1 heteroatoms. The van der Waals surface area contributed by atoms with Gasteiger partial charge in [-0.15, -0.1) is 0 Å². The Morgan fingerprint density at radius 1 is 1.00 bits per heavy atom. The normalized spacial score (nSPS) is 29.6. The van der Waals surface area contributed by atoms with Crippen LogP contribution in [0.5, 0.6) is 0 Å². The molecule has 1 nitrogen and oxygen atoms in total. The summed E-state index contributed by atoms with van der Waals surface area (Å²) in [4.78, 5) is 0. The third-order valence-corrected chi connectivity index (χ3v) is 4.35. The molecule has 1 rings (SSSR count). The molecule has 1 atom stereocenters. The number of hydrogen-bond acceptors (Lipinski definition) is 1. The van der Waals surface area contributed by atoms with Crippen LogP contribution in [0, 0.1) is 5.41 Å². The van der Waals surface area contributed by atoms with Crippen molar-refractivity contribution in [1.82, 2.24) is 0 Å². The van der Waals surface area contributed by atoms with E-state index in [1.54, 1.807) is 0 Å². The summed E-state index contributed by atoms with van der Waals surface area (Å²) in [6.07, 6.45) is 10.9. The van der Waals surface area contributed by atoms with Crippen molar-refractivity contribution in [3.63, 3.8) is 0 Å². The van der Waals surface area contributed by atoms with Crippen LogP contribution in [0.15, 0.2) is 0 Å². The third kappa shape index (κ3) is 3.21. The molecular weight excluding hydrogens is 184 g/mol. The van der Waals surface area contributed by atoms with Crippen molar-refractivity contribution in [2.24, 2.45) is 5.41 Å². The van der Waals surface area contributed by atoms with Crippen LogP contribution in [0.2, 0.25) is 0 Å². The molecule has 1 fully saturated rings. The summed E-state index contributed by atoms with van der Waals surface area (Å²) >= 11 is 0. The molecule has 1 aliphatic rings. The fourth-order valence-electron chi connectivity index (χ4n) is 2.88. The molecule has 0 aromatic heterocycles. The van der Waals surface area contributed by atoms with E-state index in [1.807, 2.05) is 0 Å². The van der Waals surface area contributed by atoms with Crippen molar-refractivity contribution in [2.45, 2.75) is 84.2 Å². The van der Waals surface area contributed by atoms with Gasteiger partial charge in [0.05, 0.1) is 5.60 Å². The van der Waals surface area contributed by atoms with Crippen molar-refractivity contribution in [3.05, 3.63) is 0 Å². The van der Waals surface area contributed by atoms with Crippen molar-refractivity contribution in [3.8, 4) is 0 Å². The molecule has 0 aromatic carbocycles. The Morgan fingerprint density at radius 3 is 2.20 bits per heavy atom. The van der Waals surface area contributed by atoms with Gasteiger partial charge < -0.3 is 5.11 Å². The van der Waals surface area contributed by atoms with Crippen LogP contribution in [-0.4, -0.2) is 10.7 Å². The molecule has 90 valence electrons. The van der Waals surface area contributed by atoms with Gasteiger partial charge in [0, 0.05) is 0 Å². The fourth-order valence-corrected chi connectivity index (χ4v) is 2.88. The second-order valence-electron chi connectivity index (χ2n) is 5.93. The molecule has 1 saturated carbocycles. The molecule has 1 aliphatic carbocycles. The lowest BCUT2D eigenvalue weighted by Crippen LogP contribution is -2.39. The molecule has 0 aromatic rings. The molecule has 0 aliphatic heterocycles. The van der Waals surface area contributed by atoms with Crippen molar-refractivity contribution >= 4 is 0 Å². The van der Waals surface area contributed by atoms with Gasteiger partial charge in [0.2, 0.25) is 0 Å². The topological polar surface area (TPSA) is 20.2 Å². The summed E-state index contributed by atoms with van der Waals surface area (Å²) in [5.74, 6) is 0. The average Bonchev–Trinajstić information content (AvgIpc) is 2.42. The zero-order chi connectivity index (χ0) is 11.4. The molecule has 0 saturated heterocycles. The van der Waals surface area contributed by atoms with Gasteiger partial charge in [-0.05, 0) is 31.1 Å². The first-order valence-electron chi connectivity index (χ1n) is 6.74. The Hall–Kier alpha value is -0.0400. The van der Waals surface area contributed by atoms with E-state index >= 15 is 0 Å². The number of unbranched alkanes of at least 4 members (excludes halogenated alkanes) is 4. The minimum atomic E-state index is -0.362. The first-order chi connectivity index (χ1) is 7.02. The maximum absolute atomic E-state index is 10.6. The lowest BCUT2D eigenvalue weighted by molar-refractivity contribution is -0.0511. The van der Waals surface area contributed by atoms with Crippen LogP contribution in [0.4, 0.5) is 0 Å². The Morgan fingerprint density at radius 2 is 1.67 bits per heavy atom. The SMILES string of the molecule is CCCCCCCC1(O)CCCC1(C)C. The van der Waals surface area contributed by atoms with E-state index in [-0.39, 0.29) is 11.0 Å². The first-order valence-corrected chi connectivity index (χ1v) is 6.74. The largest absolute Gasteiger partial charge is 0.389 e. The highest BCUT2D eigenvalue weighted by molar-refractivity contribution is 4.98. The van der Waals surface area contributed by atoms with E-state index in [0.717, 1.165) is 12.8 Å². The van der Waals surface area contributed by atoms with Crippen LogP contribution < -0.4 is 0 Å². The summed E-state index contributed by atoms with van der Waals surface area (Å²) < 4.78 is 0.